The summed E-state index contributed by atoms with van der Waals surface area (Å²) in [6.45, 7) is 10.4. The maximum absolute atomic E-state index is 3.73. The number of hydrogen-bond donors (Lipinski definition) is 1. The summed E-state index contributed by atoms with van der Waals surface area (Å²) in [5, 5.41) is 3.73. The standard InChI is InChI=1S/C15H26N2S/c1-12(2)17-9-4-5-14(8-10-17)16-11-15-7-6-13(3)18-15/h6-7,12,14,16H,4-5,8-11H2,1-3H3. The Morgan fingerprint density at radius 2 is 2.17 bits per heavy atom. The molecule has 0 spiro atoms. The zero-order valence-electron chi connectivity index (χ0n) is 11.9. The van der Waals surface area contributed by atoms with Gasteiger partial charge in [-0.25, -0.2) is 0 Å². The molecule has 3 heteroatoms. The molecule has 0 aromatic carbocycles. The van der Waals surface area contributed by atoms with E-state index >= 15 is 0 Å². The second-order valence-corrected chi connectivity index (χ2v) is 7.02. The van der Waals surface area contributed by atoms with Gasteiger partial charge in [0.15, 0.2) is 0 Å². The topological polar surface area (TPSA) is 15.3 Å². The first-order valence-electron chi connectivity index (χ1n) is 7.18. The van der Waals surface area contributed by atoms with E-state index in [9.17, 15) is 0 Å². The lowest BCUT2D eigenvalue weighted by atomic mass is 10.1. The van der Waals surface area contributed by atoms with Gasteiger partial charge in [-0.05, 0) is 65.3 Å². The van der Waals surface area contributed by atoms with Crippen molar-refractivity contribution in [1.29, 1.82) is 0 Å². The van der Waals surface area contributed by atoms with Crippen LogP contribution in [0, 0.1) is 6.92 Å². The van der Waals surface area contributed by atoms with Gasteiger partial charge in [-0.1, -0.05) is 0 Å². The van der Waals surface area contributed by atoms with Crippen LogP contribution in [0.5, 0.6) is 0 Å². The normalized spacial score (nSPS) is 22.3. The fraction of sp³-hybridized carbons (Fsp3) is 0.733. The van der Waals surface area contributed by atoms with Crippen molar-refractivity contribution in [2.45, 2.75) is 58.7 Å². The molecular formula is C15H26N2S. The third-order valence-electron chi connectivity index (χ3n) is 3.85. The Bertz CT molecular complexity index is 359. The Morgan fingerprint density at radius 1 is 1.33 bits per heavy atom. The van der Waals surface area contributed by atoms with E-state index in [2.05, 4.69) is 43.1 Å². The van der Waals surface area contributed by atoms with Gasteiger partial charge in [-0.2, -0.15) is 0 Å². The van der Waals surface area contributed by atoms with Gasteiger partial charge in [0.1, 0.15) is 0 Å². The van der Waals surface area contributed by atoms with E-state index < -0.39 is 0 Å². The summed E-state index contributed by atoms with van der Waals surface area (Å²) in [5.74, 6) is 0. The maximum Gasteiger partial charge on any atom is 0.0302 e. The second kappa shape index (κ2) is 6.69. The molecule has 102 valence electrons. The minimum Gasteiger partial charge on any atom is -0.309 e. The summed E-state index contributed by atoms with van der Waals surface area (Å²) in [7, 11) is 0. The van der Waals surface area contributed by atoms with E-state index in [1.807, 2.05) is 11.3 Å². The Morgan fingerprint density at radius 3 is 2.83 bits per heavy atom. The van der Waals surface area contributed by atoms with Gasteiger partial charge < -0.3 is 10.2 Å². The number of thiophene rings is 1. The van der Waals surface area contributed by atoms with E-state index in [1.54, 1.807) is 0 Å². The maximum atomic E-state index is 3.73. The SMILES string of the molecule is Cc1ccc(CNC2CCCN(C(C)C)CC2)s1. The predicted molar refractivity (Wildman–Crippen MR) is 80.2 cm³/mol. The monoisotopic (exact) mass is 266 g/mol. The van der Waals surface area contributed by atoms with Crippen LogP contribution in [-0.2, 0) is 6.54 Å². The molecule has 1 aromatic heterocycles. The average Bonchev–Trinajstić information content (AvgIpc) is 2.62. The van der Waals surface area contributed by atoms with Crippen molar-refractivity contribution in [3.05, 3.63) is 21.9 Å². The Hall–Kier alpha value is -0.380. The van der Waals surface area contributed by atoms with E-state index in [-0.39, 0.29) is 0 Å². The number of aryl methyl sites for hydroxylation is 1. The van der Waals surface area contributed by atoms with E-state index in [0.717, 1.165) is 6.54 Å². The van der Waals surface area contributed by atoms with Crippen molar-refractivity contribution < 1.29 is 0 Å². The number of hydrogen-bond acceptors (Lipinski definition) is 3. The molecule has 2 heterocycles. The van der Waals surface area contributed by atoms with Gasteiger partial charge in [0, 0.05) is 28.4 Å². The number of likely N-dealkylation sites (tertiary alicyclic amines) is 1. The van der Waals surface area contributed by atoms with Crippen LogP contribution in [0.2, 0.25) is 0 Å². The van der Waals surface area contributed by atoms with Crippen LogP contribution in [0.15, 0.2) is 12.1 Å². The minimum absolute atomic E-state index is 0.698. The van der Waals surface area contributed by atoms with Gasteiger partial charge in [-0.3, -0.25) is 0 Å². The molecule has 0 aliphatic carbocycles. The fourth-order valence-corrected chi connectivity index (χ4v) is 3.51. The van der Waals surface area contributed by atoms with Crippen LogP contribution in [-0.4, -0.2) is 30.1 Å². The lowest BCUT2D eigenvalue weighted by molar-refractivity contribution is 0.229. The van der Waals surface area contributed by atoms with Crippen LogP contribution in [0.25, 0.3) is 0 Å². The molecule has 1 unspecified atom stereocenters. The highest BCUT2D eigenvalue weighted by atomic mass is 32.1. The largest absolute Gasteiger partial charge is 0.309 e. The summed E-state index contributed by atoms with van der Waals surface area (Å²) in [6.07, 6.45) is 3.95. The number of nitrogens with zero attached hydrogens (tertiary/aromatic N) is 1. The van der Waals surface area contributed by atoms with Crippen LogP contribution in [0.3, 0.4) is 0 Å². The van der Waals surface area contributed by atoms with E-state index in [0.29, 0.717) is 12.1 Å². The third-order valence-corrected chi connectivity index (χ3v) is 4.85. The Balaban J connectivity index is 1.77. The van der Waals surface area contributed by atoms with Gasteiger partial charge >= 0.3 is 0 Å². The highest BCUT2D eigenvalue weighted by Crippen LogP contribution is 2.17. The molecule has 1 aliphatic heterocycles. The summed E-state index contributed by atoms with van der Waals surface area (Å²) in [6, 6.07) is 5.87. The zero-order valence-corrected chi connectivity index (χ0v) is 12.7. The van der Waals surface area contributed by atoms with Gasteiger partial charge in [0.2, 0.25) is 0 Å². The predicted octanol–water partition coefficient (Wildman–Crippen LogP) is 3.41. The summed E-state index contributed by atoms with van der Waals surface area (Å²) >= 11 is 1.91. The highest BCUT2D eigenvalue weighted by molar-refractivity contribution is 7.11. The van der Waals surface area contributed by atoms with E-state index in [4.69, 9.17) is 0 Å². The molecule has 1 aliphatic rings. The van der Waals surface area contributed by atoms with Crippen molar-refractivity contribution >= 4 is 11.3 Å². The fourth-order valence-electron chi connectivity index (χ4n) is 2.66. The van der Waals surface area contributed by atoms with Crippen LogP contribution < -0.4 is 5.32 Å². The molecule has 1 N–H and O–H groups in total. The average molecular weight is 266 g/mol. The van der Waals surface area contributed by atoms with Crippen molar-refractivity contribution in [3.63, 3.8) is 0 Å². The Kier molecular flexibility index (Phi) is 5.22. The summed E-state index contributed by atoms with van der Waals surface area (Å²) in [4.78, 5) is 5.49. The molecule has 0 bridgehead atoms. The van der Waals surface area contributed by atoms with Gasteiger partial charge in [0.25, 0.3) is 0 Å². The number of nitrogens with one attached hydrogen (secondary N) is 1. The highest BCUT2D eigenvalue weighted by Gasteiger charge is 2.18. The van der Waals surface area contributed by atoms with Crippen LogP contribution in [0.4, 0.5) is 0 Å². The van der Waals surface area contributed by atoms with E-state index in [1.165, 1.54) is 42.1 Å². The molecular weight excluding hydrogens is 240 g/mol. The van der Waals surface area contributed by atoms with Crippen molar-refractivity contribution in [2.24, 2.45) is 0 Å². The first kappa shape index (κ1) is 14.0. The van der Waals surface area contributed by atoms with Crippen molar-refractivity contribution in [1.82, 2.24) is 10.2 Å². The lowest BCUT2D eigenvalue weighted by Crippen LogP contribution is -2.33. The number of rotatable bonds is 4. The van der Waals surface area contributed by atoms with Crippen molar-refractivity contribution in [2.75, 3.05) is 13.1 Å². The zero-order chi connectivity index (χ0) is 13.0. The molecule has 0 amide bonds. The quantitative estimate of drug-likeness (QED) is 0.898. The molecule has 0 saturated carbocycles. The molecule has 1 saturated heterocycles. The molecule has 0 radical (unpaired) electrons. The molecule has 1 atom stereocenters. The van der Waals surface area contributed by atoms with Gasteiger partial charge in [0.05, 0.1) is 0 Å². The first-order chi connectivity index (χ1) is 8.65. The molecule has 2 nitrogen and oxygen atoms in total. The minimum atomic E-state index is 0.698. The molecule has 2 rings (SSSR count). The summed E-state index contributed by atoms with van der Waals surface area (Å²) < 4.78 is 0. The van der Waals surface area contributed by atoms with Crippen LogP contribution >= 0.6 is 11.3 Å². The lowest BCUT2D eigenvalue weighted by Gasteiger charge is -2.24. The second-order valence-electron chi connectivity index (χ2n) is 5.65. The smallest absolute Gasteiger partial charge is 0.0302 e. The molecule has 1 aromatic rings. The Labute approximate surface area is 115 Å². The molecule has 1 fully saturated rings. The van der Waals surface area contributed by atoms with Gasteiger partial charge in [-0.15, -0.1) is 11.3 Å². The van der Waals surface area contributed by atoms with Crippen molar-refractivity contribution in [3.8, 4) is 0 Å². The molecule has 18 heavy (non-hydrogen) atoms. The van der Waals surface area contributed by atoms with Crippen LogP contribution in [0.1, 0.15) is 42.9 Å². The third kappa shape index (κ3) is 4.08. The summed E-state index contributed by atoms with van der Waals surface area (Å²) in [5.41, 5.74) is 0. The first-order valence-corrected chi connectivity index (χ1v) is 7.99.